The highest BCUT2D eigenvalue weighted by molar-refractivity contribution is 5.83. The van der Waals surface area contributed by atoms with Gasteiger partial charge in [-0.3, -0.25) is 0 Å². The summed E-state index contributed by atoms with van der Waals surface area (Å²) in [5.41, 5.74) is 2.30. The van der Waals surface area contributed by atoms with E-state index in [1.807, 2.05) is 24.4 Å². The van der Waals surface area contributed by atoms with Crippen LogP contribution in [0.4, 0.5) is 4.79 Å². The number of hydrogen-bond donors (Lipinski definition) is 4. The van der Waals surface area contributed by atoms with E-state index in [-0.39, 0.29) is 19.2 Å². The molecule has 96 valence electrons. The summed E-state index contributed by atoms with van der Waals surface area (Å²) < 4.78 is 0. The maximum Gasteiger partial charge on any atom is 0.314 e. The van der Waals surface area contributed by atoms with Gasteiger partial charge in [-0.05, 0) is 18.1 Å². The number of fused-ring (bicyclic) bond motifs is 1. The van der Waals surface area contributed by atoms with E-state index in [0.717, 1.165) is 11.9 Å². The number of aromatic nitrogens is 1. The van der Waals surface area contributed by atoms with Gasteiger partial charge in [0.25, 0.3) is 0 Å². The van der Waals surface area contributed by atoms with Crippen molar-refractivity contribution in [2.75, 3.05) is 19.7 Å². The van der Waals surface area contributed by atoms with Gasteiger partial charge in [0.1, 0.15) is 0 Å². The number of aliphatic hydroxyl groups excluding tert-OH is 1. The van der Waals surface area contributed by atoms with Gasteiger partial charge in [0.05, 0.1) is 6.61 Å². The van der Waals surface area contributed by atoms with Crippen molar-refractivity contribution in [3.8, 4) is 0 Å². The van der Waals surface area contributed by atoms with Crippen molar-refractivity contribution in [1.82, 2.24) is 15.6 Å². The van der Waals surface area contributed by atoms with Crippen LogP contribution in [0.25, 0.3) is 10.9 Å². The molecule has 0 saturated carbocycles. The average molecular weight is 247 g/mol. The summed E-state index contributed by atoms with van der Waals surface area (Å²) in [5, 5.41) is 15.0. The summed E-state index contributed by atoms with van der Waals surface area (Å²) in [7, 11) is 0. The van der Waals surface area contributed by atoms with Gasteiger partial charge in [-0.2, -0.15) is 0 Å². The molecule has 0 atom stereocenters. The molecule has 5 heteroatoms. The third-order valence-electron chi connectivity index (χ3n) is 2.75. The van der Waals surface area contributed by atoms with Gasteiger partial charge in [-0.1, -0.05) is 18.2 Å². The number of urea groups is 1. The lowest BCUT2D eigenvalue weighted by molar-refractivity contribution is 0.234. The van der Waals surface area contributed by atoms with E-state index in [2.05, 4.69) is 21.7 Å². The van der Waals surface area contributed by atoms with Crippen LogP contribution < -0.4 is 10.6 Å². The Morgan fingerprint density at radius 2 is 2.00 bits per heavy atom. The fourth-order valence-electron chi connectivity index (χ4n) is 1.88. The lowest BCUT2D eigenvalue weighted by Gasteiger charge is -2.05. The zero-order valence-corrected chi connectivity index (χ0v) is 10.1. The van der Waals surface area contributed by atoms with Crippen LogP contribution in [0.1, 0.15) is 5.56 Å². The molecule has 2 aromatic rings. The van der Waals surface area contributed by atoms with Gasteiger partial charge in [0.15, 0.2) is 0 Å². The SMILES string of the molecule is O=C(NCCO)NCCc1c[nH]c2ccccc12. The monoisotopic (exact) mass is 247 g/mol. The topological polar surface area (TPSA) is 77.2 Å². The van der Waals surface area contributed by atoms with Crippen molar-refractivity contribution in [3.05, 3.63) is 36.0 Å². The van der Waals surface area contributed by atoms with E-state index < -0.39 is 0 Å². The van der Waals surface area contributed by atoms with Gasteiger partial charge in [0.2, 0.25) is 0 Å². The Kier molecular flexibility index (Phi) is 4.20. The summed E-state index contributed by atoms with van der Waals surface area (Å²) in [6.45, 7) is 0.800. The van der Waals surface area contributed by atoms with E-state index in [4.69, 9.17) is 5.11 Å². The van der Waals surface area contributed by atoms with Gasteiger partial charge in [-0.25, -0.2) is 4.79 Å². The number of amides is 2. The van der Waals surface area contributed by atoms with Crippen LogP contribution in [-0.2, 0) is 6.42 Å². The number of rotatable bonds is 5. The quantitative estimate of drug-likeness (QED) is 0.636. The number of carbonyl (C=O) groups excluding carboxylic acids is 1. The summed E-state index contributed by atoms with van der Waals surface area (Å²) in [6, 6.07) is 7.83. The van der Waals surface area contributed by atoms with Crippen LogP contribution in [0.5, 0.6) is 0 Å². The zero-order chi connectivity index (χ0) is 12.8. The zero-order valence-electron chi connectivity index (χ0n) is 10.1. The van der Waals surface area contributed by atoms with E-state index in [1.165, 1.54) is 10.9 Å². The lowest BCUT2D eigenvalue weighted by Crippen LogP contribution is -2.37. The maximum absolute atomic E-state index is 11.3. The third kappa shape index (κ3) is 3.01. The molecule has 0 aliphatic heterocycles. The molecule has 2 amide bonds. The first kappa shape index (κ1) is 12.4. The number of nitrogens with one attached hydrogen (secondary N) is 3. The first-order valence-corrected chi connectivity index (χ1v) is 5.99. The molecule has 18 heavy (non-hydrogen) atoms. The largest absolute Gasteiger partial charge is 0.395 e. The second kappa shape index (κ2) is 6.07. The molecule has 0 aliphatic carbocycles. The van der Waals surface area contributed by atoms with Crippen molar-refractivity contribution in [1.29, 1.82) is 0 Å². The van der Waals surface area contributed by atoms with Crippen LogP contribution in [0.2, 0.25) is 0 Å². The number of hydrogen-bond acceptors (Lipinski definition) is 2. The fourth-order valence-corrected chi connectivity index (χ4v) is 1.88. The Morgan fingerprint density at radius 1 is 1.22 bits per heavy atom. The predicted molar refractivity (Wildman–Crippen MR) is 70.5 cm³/mol. The van der Waals surface area contributed by atoms with Crippen molar-refractivity contribution in [2.24, 2.45) is 0 Å². The second-order valence-corrected chi connectivity index (χ2v) is 4.02. The van der Waals surface area contributed by atoms with Crippen LogP contribution in [-0.4, -0.2) is 35.8 Å². The fraction of sp³-hybridized carbons (Fsp3) is 0.308. The highest BCUT2D eigenvalue weighted by Crippen LogP contribution is 2.17. The van der Waals surface area contributed by atoms with Crippen LogP contribution in [0, 0.1) is 0 Å². The molecule has 0 bridgehead atoms. The van der Waals surface area contributed by atoms with E-state index in [1.54, 1.807) is 0 Å². The van der Waals surface area contributed by atoms with Crippen LogP contribution in [0.3, 0.4) is 0 Å². The maximum atomic E-state index is 11.3. The highest BCUT2D eigenvalue weighted by Gasteiger charge is 2.03. The number of aromatic amines is 1. The van der Waals surface area contributed by atoms with Gasteiger partial charge in [-0.15, -0.1) is 0 Å². The number of aliphatic hydroxyl groups is 1. The van der Waals surface area contributed by atoms with Crippen molar-refractivity contribution >= 4 is 16.9 Å². The minimum absolute atomic E-state index is 0.0458. The van der Waals surface area contributed by atoms with Gasteiger partial charge in [0, 0.05) is 30.2 Å². The minimum Gasteiger partial charge on any atom is -0.395 e. The molecule has 1 aromatic carbocycles. The Balaban J connectivity index is 1.85. The van der Waals surface area contributed by atoms with Crippen LogP contribution in [0.15, 0.2) is 30.5 Å². The molecule has 2 rings (SSSR count). The summed E-state index contributed by atoms with van der Waals surface area (Å²) in [6.07, 6.45) is 2.74. The average Bonchev–Trinajstić information content (AvgIpc) is 2.80. The van der Waals surface area contributed by atoms with Crippen LogP contribution >= 0.6 is 0 Å². The van der Waals surface area contributed by atoms with Crippen molar-refractivity contribution < 1.29 is 9.90 Å². The smallest absolute Gasteiger partial charge is 0.314 e. The molecule has 5 nitrogen and oxygen atoms in total. The number of para-hydroxylation sites is 1. The molecule has 1 heterocycles. The summed E-state index contributed by atoms with van der Waals surface area (Å²) in [5.74, 6) is 0. The molecule has 0 saturated heterocycles. The standard InChI is InChI=1S/C13H17N3O2/c17-8-7-15-13(18)14-6-5-10-9-16-12-4-2-1-3-11(10)12/h1-4,9,16-17H,5-8H2,(H2,14,15,18). The molecule has 0 radical (unpaired) electrons. The first-order valence-electron chi connectivity index (χ1n) is 5.99. The molecule has 0 unspecified atom stereocenters. The van der Waals surface area contributed by atoms with Crippen molar-refractivity contribution in [3.63, 3.8) is 0 Å². The molecule has 0 aliphatic rings. The molecule has 4 N–H and O–H groups in total. The van der Waals surface area contributed by atoms with E-state index in [0.29, 0.717) is 6.54 Å². The van der Waals surface area contributed by atoms with E-state index in [9.17, 15) is 4.79 Å². The third-order valence-corrected chi connectivity index (χ3v) is 2.75. The van der Waals surface area contributed by atoms with E-state index >= 15 is 0 Å². The summed E-state index contributed by atoms with van der Waals surface area (Å²) in [4.78, 5) is 14.5. The van der Waals surface area contributed by atoms with Crippen molar-refractivity contribution in [2.45, 2.75) is 6.42 Å². The molecular formula is C13H17N3O2. The predicted octanol–water partition coefficient (Wildman–Crippen LogP) is 1.00. The summed E-state index contributed by atoms with van der Waals surface area (Å²) >= 11 is 0. The number of carbonyl (C=O) groups is 1. The van der Waals surface area contributed by atoms with Gasteiger partial charge < -0.3 is 20.7 Å². The molecule has 0 spiro atoms. The second-order valence-electron chi connectivity index (χ2n) is 4.02. The highest BCUT2D eigenvalue weighted by atomic mass is 16.3. The minimum atomic E-state index is -0.246. The first-order chi connectivity index (χ1) is 8.81. The molecule has 1 aromatic heterocycles. The number of H-pyrrole nitrogens is 1. The number of benzene rings is 1. The normalized spacial score (nSPS) is 10.5. The Labute approximate surface area is 105 Å². The Hall–Kier alpha value is -2.01. The Morgan fingerprint density at radius 3 is 2.83 bits per heavy atom. The van der Waals surface area contributed by atoms with Gasteiger partial charge >= 0.3 is 6.03 Å². The molecule has 0 fully saturated rings. The lowest BCUT2D eigenvalue weighted by atomic mass is 10.1. The molecular weight excluding hydrogens is 230 g/mol. The Bertz CT molecular complexity index is 522.